The molecule has 1 aliphatic rings. The highest BCUT2D eigenvalue weighted by Gasteiger charge is 2.55. The molecule has 0 radical (unpaired) electrons. The van der Waals surface area contributed by atoms with Crippen molar-refractivity contribution in [1.29, 1.82) is 0 Å². The summed E-state index contributed by atoms with van der Waals surface area (Å²) in [4.78, 5) is 51.7. The number of methoxy groups -OCH3 is 2. The number of Topliss-reactive ketones (excluding diaryl/α,β-unsaturated/α-hetero) is 3. The van der Waals surface area contributed by atoms with Crippen LogP contribution in [-0.2, 0) is 26.2 Å². The first-order valence-electron chi connectivity index (χ1n) is 11.4. The van der Waals surface area contributed by atoms with Crippen molar-refractivity contribution >= 4 is 34.1 Å². The normalized spacial score (nSPS) is 19.1. The topological polar surface area (TPSA) is 107 Å². The van der Waals surface area contributed by atoms with Crippen LogP contribution in [0.3, 0.4) is 0 Å². The molecule has 1 N–H and O–H groups in total. The van der Waals surface area contributed by atoms with Crippen LogP contribution in [0.15, 0.2) is 12.1 Å². The number of esters is 1. The number of phenolic OH excluding ortho intramolecular Hbond substituents is 1. The van der Waals surface area contributed by atoms with Crippen molar-refractivity contribution in [1.82, 2.24) is 0 Å². The van der Waals surface area contributed by atoms with Gasteiger partial charge in [-0.3, -0.25) is 9.59 Å². The van der Waals surface area contributed by atoms with Crippen molar-refractivity contribution in [2.24, 2.45) is 5.41 Å². The van der Waals surface area contributed by atoms with E-state index in [1.165, 1.54) is 21.1 Å². The number of carbonyl (C=O) groups excluding carboxylic acids is 4. The van der Waals surface area contributed by atoms with Crippen molar-refractivity contribution in [3.63, 3.8) is 0 Å². The van der Waals surface area contributed by atoms with Crippen molar-refractivity contribution in [2.45, 2.75) is 65.7 Å². The monoisotopic (exact) mass is 468 g/mol. The zero-order valence-electron chi connectivity index (χ0n) is 20.9. The Morgan fingerprint density at radius 2 is 1.74 bits per heavy atom. The largest absolute Gasteiger partial charge is 0.507 e. The molecule has 182 valence electrons. The van der Waals surface area contributed by atoms with Gasteiger partial charge in [0.2, 0.25) is 0 Å². The summed E-state index contributed by atoms with van der Waals surface area (Å²) in [5, 5.41) is 12.5. The molecule has 0 amide bonds. The fourth-order valence-electron chi connectivity index (χ4n) is 5.16. The van der Waals surface area contributed by atoms with Gasteiger partial charge in [-0.1, -0.05) is 13.3 Å². The zero-order chi connectivity index (χ0) is 25.6. The van der Waals surface area contributed by atoms with Gasteiger partial charge >= 0.3 is 5.97 Å². The molecule has 0 aliphatic heterocycles. The SMILES string of the molecule is CCCc1c(C(=O)OC)c(OC)cc2cc3c(c(O)c12)C(=O)[C@](C)(CCC(C)=O)C(=O)C3(C)C. The molecule has 7 heteroatoms. The molecule has 0 saturated carbocycles. The van der Waals surface area contributed by atoms with E-state index >= 15 is 0 Å². The van der Waals surface area contributed by atoms with Crippen LogP contribution in [0, 0.1) is 5.41 Å². The van der Waals surface area contributed by atoms with E-state index in [2.05, 4.69) is 0 Å². The third kappa shape index (κ3) is 3.67. The molecule has 0 saturated heterocycles. The third-order valence-corrected chi connectivity index (χ3v) is 7.02. The molecule has 2 aromatic carbocycles. The van der Waals surface area contributed by atoms with Gasteiger partial charge in [0.15, 0.2) is 11.6 Å². The summed E-state index contributed by atoms with van der Waals surface area (Å²) in [6.07, 6.45) is 1.25. The number of aromatic hydroxyl groups is 1. The first-order chi connectivity index (χ1) is 15.9. The minimum absolute atomic E-state index is 0.0676. The Morgan fingerprint density at radius 3 is 2.26 bits per heavy atom. The van der Waals surface area contributed by atoms with Crippen LogP contribution in [-0.4, -0.2) is 42.6 Å². The maximum absolute atomic E-state index is 13.8. The van der Waals surface area contributed by atoms with Crippen LogP contribution in [0.4, 0.5) is 0 Å². The molecule has 3 rings (SSSR count). The minimum Gasteiger partial charge on any atom is -0.507 e. The Kier molecular flexibility index (Phi) is 6.62. The molecular weight excluding hydrogens is 436 g/mol. The first kappa shape index (κ1) is 25.4. The molecule has 1 aliphatic carbocycles. The number of hydrogen-bond acceptors (Lipinski definition) is 7. The van der Waals surface area contributed by atoms with Gasteiger partial charge in [0.05, 0.1) is 30.6 Å². The van der Waals surface area contributed by atoms with Crippen molar-refractivity contribution in [3.8, 4) is 11.5 Å². The third-order valence-electron chi connectivity index (χ3n) is 7.02. The number of fused-ring (bicyclic) bond motifs is 2. The Balaban J connectivity index is 2.46. The standard InChI is InChI=1S/C27H32O7/c1-8-9-16-19-15(13-18(33-6)20(16)24(31)34-7)12-17-21(22(19)29)23(30)27(5,11-10-14(2)28)25(32)26(17,3)4/h12-13,29H,8-11H2,1-7H3/t27-/m0/s1. The van der Waals surface area contributed by atoms with E-state index in [-0.39, 0.29) is 41.3 Å². The number of hydrogen-bond donors (Lipinski definition) is 1. The second-order valence-electron chi connectivity index (χ2n) is 9.74. The van der Waals surface area contributed by atoms with Crippen LogP contribution in [0.1, 0.15) is 85.7 Å². The highest BCUT2D eigenvalue weighted by Crippen LogP contribution is 2.51. The summed E-state index contributed by atoms with van der Waals surface area (Å²) in [5.41, 5.74) is -1.32. The summed E-state index contributed by atoms with van der Waals surface area (Å²) in [6.45, 7) is 8.36. The smallest absolute Gasteiger partial charge is 0.341 e. The molecule has 1 atom stereocenters. The molecule has 0 heterocycles. The molecule has 0 spiro atoms. The van der Waals surface area contributed by atoms with Crippen molar-refractivity contribution < 1.29 is 33.8 Å². The number of benzene rings is 2. The van der Waals surface area contributed by atoms with Crippen LogP contribution in [0.5, 0.6) is 11.5 Å². The predicted octanol–water partition coefficient (Wildman–Crippen LogP) is 4.71. The molecule has 2 aromatic rings. The van der Waals surface area contributed by atoms with E-state index in [1.807, 2.05) is 6.92 Å². The molecule has 0 fully saturated rings. The summed E-state index contributed by atoms with van der Waals surface area (Å²) >= 11 is 0. The molecule has 0 unspecified atom stereocenters. The number of rotatable bonds is 7. The Bertz CT molecular complexity index is 1220. The minimum atomic E-state index is -1.45. The number of aryl methyl sites for hydroxylation is 1. The lowest BCUT2D eigenvalue weighted by Gasteiger charge is -2.41. The highest BCUT2D eigenvalue weighted by molar-refractivity contribution is 6.24. The van der Waals surface area contributed by atoms with Gasteiger partial charge in [0.1, 0.15) is 22.8 Å². The lowest BCUT2D eigenvalue weighted by atomic mass is 9.58. The molecule has 0 aromatic heterocycles. The van der Waals surface area contributed by atoms with E-state index in [9.17, 15) is 24.3 Å². The summed E-state index contributed by atoms with van der Waals surface area (Å²) in [5.74, 6) is -1.49. The van der Waals surface area contributed by atoms with Crippen LogP contribution < -0.4 is 4.74 Å². The van der Waals surface area contributed by atoms with Crippen molar-refractivity contribution in [2.75, 3.05) is 14.2 Å². The number of ketones is 3. The van der Waals surface area contributed by atoms with Gasteiger partial charge in [-0.25, -0.2) is 4.79 Å². The van der Waals surface area contributed by atoms with Crippen LogP contribution in [0.2, 0.25) is 0 Å². The zero-order valence-corrected chi connectivity index (χ0v) is 20.9. The van der Waals surface area contributed by atoms with Gasteiger partial charge in [-0.15, -0.1) is 0 Å². The Morgan fingerprint density at radius 1 is 1.09 bits per heavy atom. The maximum atomic E-state index is 13.8. The average Bonchev–Trinajstić information content (AvgIpc) is 2.79. The summed E-state index contributed by atoms with van der Waals surface area (Å²) in [6, 6.07) is 3.35. The predicted molar refractivity (Wildman–Crippen MR) is 128 cm³/mol. The van der Waals surface area contributed by atoms with Gasteiger partial charge < -0.3 is 19.4 Å². The summed E-state index contributed by atoms with van der Waals surface area (Å²) < 4.78 is 10.5. The van der Waals surface area contributed by atoms with E-state index in [1.54, 1.807) is 32.9 Å². The maximum Gasteiger partial charge on any atom is 0.341 e. The van der Waals surface area contributed by atoms with Crippen molar-refractivity contribution in [3.05, 3.63) is 34.4 Å². The fourth-order valence-corrected chi connectivity index (χ4v) is 5.16. The Hall–Kier alpha value is -3.22. The van der Waals surface area contributed by atoms with E-state index in [0.29, 0.717) is 40.5 Å². The molecule has 0 bridgehead atoms. The lowest BCUT2D eigenvalue weighted by molar-refractivity contribution is -0.131. The summed E-state index contributed by atoms with van der Waals surface area (Å²) in [7, 11) is 2.71. The quantitative estimate of drug-likeness (QED) is 0.463. The van der Waals surface area contributed by atoms with E-state index < -0.39 is 22.6 Å². The number of phenols is 1. The fraction of sp³-hybridized carbons (Fsp3) is 0.481. The van der Waals surface area contributed by atoms with Gasteiger partial charge in [-0.2, -0.15) is 0 Å². The molecular formula is C27H32O7. The van der Waals surface area contributed by atoms with Gasteiger partial charge in [0.25, 0.3) is 0 Å². The van der Waals surface area contributed by atoms with Crippen LogP contribution in [0.25, 0.3) is 10.8 Å². The second kappa shape index (κ2) is 8.85. The van der Waals surface area contributed by atoms with Crippen LogP contribution >= 0.6 is 0 Å². The highest BCUT2D eigenvalue weighted by atomic mass is 16.5. The average molecular weight is 469 g/mol. The molecule has 34 heavy (non-hydrogen) atoms. The second-order valence-corrected chi connectivity index (χ2v) is 9.74. The lowest BCUT2D eigenvalue weighted by Crippen LogP contribution is -2.51. The first-order valence-corrected chi connectivity index (χ1v) is 11.4. The van der Waals surface area contributed by atoms with Gasteiger partial charge in [0, 0.05) is 11.8 Å². The number of ether oxygens (including phenoxy) is 2. The van der Waals surface area contributed by atoms with E-state index in [4.69, 9.17) is 9.47 Å². The Labute approximate surface area is 199 Å². The number of carbonyl (C=O) groups is 4. The molecule has 7 nitrogen and oxygen atoms in total. The van der Waals surface area contributed by atoms with Gasteiger partial charge in [-0.05, 0) is 69.2 Å². The van der Waals surface area contributed by atoms with E-state index in [0.717, 1.165) is 0 Å².